The molecule has 0 aliphatic carbocycles. The number of aliphatic hydroxyl groups is 4. The molecule has 3 saturated heterocycles. The Morgan fingerprint density at radius 1 is 0.892 bits per heavy atom. The minimum atomic E-state index is -2.16. The SMILES string of the molecule is COC1(C)CC(O[C@H]2[C@H](C)[C@@H](OC3OC(C)CC(N(C)C)C3O)[C@@H](C)C[C@@H](C)C(=O)[C@H](C)[C@@H](O)[C@](C)(O)[C@@H](CCNC(=O)Cc3ccccc3-c3ccco3)OC(=O)[C@@H]2C)OC(C)C1O. The van der Waals surface area contributed by atoms with Gasteiger partial charge in [0.2, 0.25) is 5.91 Å². The fourth-order valence-corrected chi connectivity index (χ4v) is 10.1. The van der Waals surface area contributed by atoms with E-state index in [0.29, 0.717) is 12.2 Å². The lowest BCUT2D eigenvalue weighted by Gasteiger charge is -2.47. The highest BCUT2D eigenvalue weighted by atomic mass is 16.7. The molecule has 16 nitrogen and oxygen atoms in total. The van der Waals surface area contributed by atoms with Gasteiger partial charge in [0, 0.05) is 55.9 Å². The molecule has 8 unspecified atom stereocenters. The molecule has 3 aliphatic heterocycles. The number of carbonyl (C=O) groups excluding carboxylic acids is 3. The highest BCUT2D eigenvalue weighted by Crippen LogP contribution is 2.40. The van der Waals surface area contributed by atoms with Crippen molar-refractivity contribution in [1.29, 1.82) is 0 Å². The third kappa shape index (κ3) is 12.2. The molecule has 0 radical (unpaired) electrons. The molecule has 1 aromatic heterocycles. The first-order chi connectivity index (χ1) is 30.5. The number of nitrogens with one attached hydrogen (secondary N) is 1. The highest BCUT2D eigenvalue weighted by Gasteiger charge is 2.51. The summed E-state index contributed by atoms with van der Waals surface area (Å²) in [6.45, 7) is 15.4. The number of likely N-dealkylation sites (N-methyl/N-ethyl adjacent to an activating group) is 1. The summed E-state index contributed by atoms with van der Waals surface area (Å²) in [6, 6.07) is 10.7. The van der Waals surface area contributed by atoms with Crippen LogP contribution >= 0.6 is 0 Å². The van der Waals surface area contributed by atoms with Crippen molar-refractivity contribution < 1.29 is 67.6 Å². The van der Waals surface area contributed by atoms with Crippen molar-refractivity contribution >= 4 is 17.7 Å². The number of ketones is 1. The first-order valence-electron chi connectivity index (χ1n) is 23.2. The molecule has 0 bridgehead atoms. The van der Waals surface area contributed by atoms with Crippen LogP contribution in [0.25, 0.3) is 11.3 Å². The Kier molecular flexibility index (Phi) is 18.0. The number of benzene rings is 1. The van der Waals surface area contributed by atoms with Gasteiger partial charge in [-0.05, 0) is 85.2 Å². The van der Waals surface area contributed by atoms with Gasteiger partial charge < -0.3 is 63.5 Å². The molecule has 4 heterocycles. The third-order valence-corrected chi connectivity index (χ3v) is 14.3. The number of nitrogens with zero attached hydrogens (tertiary/aromatic N) is 1. The molecular weight excluding hydrogens is 841 g/mol. The minimum Gasteiger partial charge on any atom is -0.464 e. The fraction of sp³-hybridized carbons (Fsp3) is 0.735. The van der Waals surface area contributed by atoms with Crippen LogP contribution in [0.1, 0.15) is 93.6 Å². The van der Waals surface area contributed by atoms with Crippen LogP contribution in [0.3, 0.4) is 0 Å². The van der Waals surface area contributed by atoms with E-state index >= 15 is 0 Å². The molecule has 5 rings (SSSR count). The Balaban J connectivity index is 1.49. The number of furan rings is 1. The molecule has 2 aromatic rings. The molecule has 366 valence electrons. The van der Waals surface area contributed by atoms with Gasteiger partial charge in [-0.3, -0.25) is 14.4 Å². The van der Waals surface area contributed by atoms with E-state index in [1.807, 2.05) is 70.1 Å². The number of cyclic esters (lactones) is 1. The van der Waals surface area contributed by atoms with E-state index in [1.54, 1.807) is 46.9 Å². The van der Waals surface area contributed by atoms with Crippen molar-refractivity contribution in [2.24, 2.45) is 29.6 Å². The Bertz CT molecular complexity index is 1860. The zero-order valence-corrected chi connectivity index (χ0v) is 40.3. The molecule has 18 atom stereocenters. The molecule has 1 aromatic carbocycles. The van der Waals surface area contributed by atoms with E-state index in [9.17, 15) is 34.8 Å². The number of ether oxygens (including phenoxy) is 6. The number of esters is 1. The number of methoxy groups -OCH3 is 1. The van der Waals surface area contributed by atoms with Crippen LogP contribution in [0.2, 0.25) is 0 Å². The van der Waals surface area contributed by atoms with E-state index in [0.717, 1.165) is 11.1 Å². The summed E-state index contributed by atoms with van der Waals surface area (Å²) in [5, 5.41) is 49.6. The van der Waals surface area contributed by atoms with Gasteiger partial charge in [-0.1, -0.05) is 52.0 Å². The lowest BCUT2D eigenvalue weighted by Crippen LogP contribution is -2.59. The average Bonchev–Trinajstić information content (AvgIpc) is 3.80. The largest absolute Gasteiger partial charge is 0.464 e. The van der Waals surface area contributed by atoms with Crippen molar-refractivity contribution in [3.8, 4) is 11.3 Å². The van der Waals surface area contributed by atoms with E-state index in [4.69, 9.17) is 32.8 Å². The van der Waals surface area contributed by atoms with E-state index in [1.165, 1.54) is 14.0 Å². The number of hydrogen-bond donors (Lipinski definition) is 5. The molecule has 3 fully saturated rings. The predicted molar refractivity (Wildman–Crippen MR) is 240 cm³/mol. The zero-order chi connectivity index (χ0) is 48.1. The summed E-state index contributed by atoms with van der Waals surface area (Å²) in [7, 11) is 5.26. The number of rotatable bonds is 12. The smallest absolute Gasteiger partial charge is 0.311 e. The lowest BCUT2D eigenvalue weighted by atomic mass is 9.75. The summed E-state index contributed by atoms with van der Waals surface area (Å²) in [4.78, 5) is 44.2. The predicted octanol–water partition coefficient (Wildman–Crippen LogP) is 4.27. The topological polar surface area (TPSA) is 216 Å². The Hall–Kier alpha value is -3.29. The summed E-state index contributed by atoms with van der Waals surface area (Å²) < 4.78 is 43.7. The van der Waals surface area contributed by atoms with Gasteiger partial charge in [-0.2, -0.15) is 0 Å². The molecule has 5 N–H and O–H groups in total. The van der Waals surface area contributed by atoms with Crippen LogP contribution in [0.4, 0.5) is 0 Å². The minimum absolute atomic E-state index is 0.0119. The lowest BCUT2D eigenvalue weighted by molar-refractivity contribution is -0.309. The number of Topliss-reactive ketones (excluding diaryl/α,β-unsaturated/α-hetero) is 1. The highest BCUT2D eigenvalue weighted by molar-refractivity contribution is 5.83. The van der Waals surface area contributed by atoms with Crippen LogP contribution in [-0.4, -0.2) is 149 Å². The molecule has 3 aliphatic rings. The summed E-state index contributed by atoms with van der Waals surface area (Å²) in [5.41, 5.74) is -1.72. The van der Waals surface area contributed by atoms with E-state index in [-0.39, 0.29) is 56.1 Å². The van der Waals surface area contributed by atoms with Crippen LogP contribution in [0.15, 0.2) is 47.1 Å². The molecule has 1 amide bonds. The van der Waals surface area contributed by atoms with Gasteiger partial charge in [0.25, 0.3) is 0 Å². The van der Waals surface area contributed by atoms with Gasteiger partial charge in [0.15, 0.2) is 12.6 Å². The van der Waals surface area contributed by atoms with Crippen molar-refractivity contribution in [3.05, 3.63) is 48.2 Å². The maximum atomic E-state index is 14.7. The molecule has 0 spiro atoms. The maximum absolute atomic E-state index is 14.7. The Morgan fingerprint density at radius 3 is 2.23 bits per heavy atom. The first-order valence-corrected chi connectivity index (χ1v) is 23.2. The second-order valence-electron chi connectivity index (χ2n) is 19.7. The fourth-order valence-electron chi connectivity index (χ4n) is 10.1. The average molecular weight is 917 g/mol. The monoisotopic (exact) mass is 917 g/mol. The molecule has 16 heteroatoms. The van der Waals surface area contributed by atoms with Crippen molar-refractivity contribution in [3.63, 3.8) is 0 Å². The maximum Gasteiger partial charge on any atom is 0.311 e. The summed E-state index contributed by atoms with van der Waals surface area (Å²) >= 11 is 0. The van der Waals surface area contributed by atoms with Crippen molar-refractivity contribution in [2.45, 2.75) is 173 Å². The number of hydrogen-bond acceptors (Lipinski definition) is 15. The molecule has 0 saturated carbocycles. The summed E-state index contributed by atoms with van der Waals surface area (Å²) in [5.74, 6) is -4.69. The third-order valence-electron chi connectivity index (χ3n) is 14.3. The van der Waals surface area contributed by atoms with Crippen LogP contribution in [-0.2, 0) is 49.2 Å². The number of carbonyl (C=O) groups is 3. The zero-order valence-electron chi connectivity index (χ0n) is 40.3. The Morgan fingerprint density at radius 2 is 1.58 bits per heavy atom. The van der Waals surface area contributed by atoms with Gasteiger partial charge in [-0.25, -0.2) is 0 Å². The number of aliphatic hydroxyl groups excluding tert-OH is 3. The molecular formula is C49H76N2O14. The normalized spacial score (nSPS) is 40.3. The van der Waals surface area contributed by atoms with Gasteiger partial charge in [0.05, 0.1) is 54.7 Å². The van der Waals surface area contributed by atoms with E-state index in [2.05, 4.69) is 5.32 Å². The second kappa shape index (κ2) is 22.2. The van der Waals surface area contributed by atoms with E-state index < -0.39 is 102 Å². The van der Waals surface area contributed by atoms with Gasteiger partial charge in [0.1, 0.15) is 35.5 Å². The summed E-state index contributed by atoms with van der Waals surface area (Å²) in [6.07, 6.45) is -7.52. The van der Waals surface area contributed by atoms with Crippen LogP contribution in [0.5, 0.6) is 0 Å². The Labute approximate surface area is 384 Å². The number of amides is 1. The quantitative estimate of drug-likeness (QED) is 0.188. The standard InChI is InChI=1S/C49H76N2O14/c1-26-22-27(2)42(65-47-41(54)35(51(10)11)23-28(3)61-47)30(5)43(64-39-25-48(8,59-12)45(56)32(7)62-39)31(6)46(57)63-37(49(9,58)44(55)29(4)40(26)53)19-20-50-38(52)24-33-16-13-14-17-34(33)36-18-15-21-60-36/h13-18,21,26-32,35,37,39,41-45,47,54-56,58H,19-20,22-25H2,1-12H3,(H,50,52)/t26-,27+,28?,29+,30-,31-,32?,35?,37-,39?,41?,42+,43+,44-,45?,47?,48?,49-/m1/s1. The van der Waals surface area contributed by atoms with Crippen molar-refractivity contribution in [2.75, 3.05) is 27.7 Å². The molecule has 65 heavy (non-hydrogen) atoms. The van der Waals surface area contributed by atoms with Crippen molar-refractivity contribution in [1.82, 2.24) is 10.2 Å². The first kappa shape index (κ1) is 52.7. The second-order valence-corrected chi connectivity index (χ2v) is 19.7. The van der Waals surface area contributed by atoms with Gasteiger partial charge >= 0.3 is 5.97 Å². The van der Waals surface area contributed by atoms with Crippen LogP contribution in [0, 0.1) is 29.6 Å². The van der Waals surface area contributed by atoms with Gasteiger partial charge in [-0.15, -0.1) is 0 Å². The van der Waals surface area contributed by atoms with Crippen LogP contribution < -0.4 is 5.32 Å².